The van der Waals surface area contributed by atoms with E-state index in [4.69, 9.17) is 32.7 Å². The minimum atomic E-state index is -1.46. The first-order chi connectivity index (χ1) is 22.4. The maximum atomic E-state index is 16.8. The topological polar surface area (TPSA) is 121 Å². The van der Waals surface area contributed by atoms with Crippen LogP contribution in [0.4, 0.5) is 10.1 Å². The van der Waals surface area contributed by atoms with Crippen LogP contribution in [0.2, 0.25) is 5.02 Å². The molecule has 254 valence electrons. The Bertz CT molecular complexity index is 1490. The number of anilines is 1. The predicted octanol–water partition coefficient (Wildman–Crippen LogP) is 4.61. The molecular weight excluding hydrogens is 648 g/mol. The molecule has 0 bridgehead atoms. The fraction of sp³-hybridized carbons (Fsp3) is 0.588. The highest BCUT2D eigenvalue weighted by molar-refractivity contribution is 6.31. The zero-order valence-electron chi connectivity index (χ0n) is 26.8. The maximum absolute atomic E-state index is 16.8. The van der Waals surface area contributed by atoms with Crippen molar-refractivity contribution in [3.8, 4) is 0 Å². The molecule has 4 fully saturated rings. The molecule has 13 heteroatoms. The fourth-order valence-corrected chi connectivity index (χ4v) is 8.47. The molecule has 4 aliphatic heterocycles. The molecule has 10 nitrogen and oxygen atoms in total. The molecule has 1 aliphatic carbocycles. The molecule has 3 N–H and O–H groups in total. The molecule has 3 amide bonds. The first-order valence-electron chi connectivity index (χ1n) is 16.3. The number of hydrogen-bond donors (Lipinski definition) is 3. The van der Waals surface area contributed by atoms with Crippen molar-refractivity contribution >= 4 is 52.8 Å². The fourth-order valence-electron chi connectivity index (χ4n) is 8.24. The van der Waals surface area contributed by atoms with Crippen LogP contribution in [-0.2, 0) is 29.3 Å². The molecule has 0 unspecified atom stereocenters. The van der Waals surface area contributed by atoms with E-state index >= 15 is 4.39 Å². The minimum absolute atomic E-state index is 0.0122. The lowest BCUT2D eigenvalue weighted by Gasteiger charge is -2.50. The Hall–Kier alpha value is -2.83. The molecular formula is C34H42Cl2FN5O5. The molecule has 1 aromatic carbocycles. The summed E-state index contributed by atoms with van der Waals surface area (Å²) in [5.74, 6) is -2.80. The van der Waals surface area contributed by atoms with Crippen LogP contribution in [0.25, 0.3) is 0 Å². The van der Waals surface area contributed by atoms with E-state index < -0.39 is 46.8 Å². The summed E-state index contributed by atoms with van der Waals surface area (Å²) in [4.78, 5) is 47.4. The number of aliphatic imine (C=N–C) groups is 1. The van der Waals surface area contributed by atoms with Crippen LogP contribution >= 0.6 is 23.2 Å². The molecule has 5 atom stereocenters. The number of ether oxygens (including phenoxy) is 2. The highest BCUT2D eigenvalue weighted by Gasteiger charge is 2.73. The van der Waals surface area contributed by atoms with Gasteiger partial charge in [0.05, 0.1) is 37.8 Å². The van der Waals surface area contributed by atoms with Crippen LogP contribution in [0.15, 0.2) is 46.8 Å². The number of hydrogen-bond acceptors (Lipinski definition) is 7. The molecule has 47 heavy (non-hydrogen) atoms. The first-order valence-corrected chi connectivity index (χ1v) is 17.0. The Kier molecular flexibility index (Phi) is 9.59. The van der Waals surface area contributed by atoms with Crippen molar-refractivity contribution in [1.82, 2.24) is 15.5 Å². The predicted molar refractivity (Wildman–Crippen MR) is 178 cm³/mol. The van der Waals surface area contributed by atoms with Crippen LogP contribution in [0.5, 0.6) is 0 Å². The molecule has 3 saturated heterocycles. The van der Waals surface area contributed by atoms with Crippen molar-refractivity contribution in [2.75, 3.05) is 38.2 Å². The highest BCUT2D eigenvalue weighted by Crippen LogP contribution is 2.62. The highest BCUT2D eigenvalue weighted by atomic mass is 35.5. The normalized spacial score (nSPS) is 31.6. The van der Waals surface area contributed by atoms with Crippen molar-refractivity contribution in [2.24, 2.45) is 16.3 Å². The largest absolute Gasteiger partial charge is 0.378 e. The van der Waals surface area contributed by atoms with Crippen LogP contribution in [-0.4, -0.2) is 85.5 Å². The number of nitrogens with zero attached hydrogens (tertiary/aromatic N) is 2. The van der Waals surface area contributed by atoms with Gasteiger partial charge in [-0.05, 0) is 67.7 Å². The van der Waals surface area contributed by atoms with Crippen LogP contribution in [0.3, 0.4) is 0 Å². The first kappa shape index (κ1) is 34.0. The van der Waals surface area contributed by atoms with Gasteiger partial charge in [0.1, 0.15) is 22.5 Å². The smallest absolute Gasteiger partial charge is 0.251 e. The zero-order chi connectivity index (χ0) is 33.6. The Morgan fingerprint density at radius 2 is 1.89 bits per heavy atom. The van der Waals surface area contributed by atoms with Crippen molar-refractivity contribution < 1.29 is 28.2 Å². The third-order valence-corrected chi connectivity index (χ3v) is 11.0. The van der Waals surface area contributed by atoms with Crippen molar-refractivity contribution in [3.63, 3.8) is 0 Å². The number of carbonyl (C=O) groups is 3. The van der Waals surface area contributed by atoms with Crippen molar-refractivity contribution in [3.05, 3.63) is 52.4 Å². The van der Waals surface area contributed by atoms with Gasteiger partial charge in [0.25, 0.3) is 5.91 Å². The van der Waals surface area contributed by atoms with E-state index in [1.165, 1.54) is 6.21 Å². The number of halogens is 3. The Balaban J connectivity index is 1.33. The average molecular weight is 691 g/mol. The second-order valence-electron chi connectivity index (χ2n) is 14.0. The van der Waals surface area contributed by atoms with Gasteiger partial charge < -0.3 is 25.0 Å². The lowest BCUT2D eigenvalue weighted by molar-refractivity contribution is -0.151. The van der Waals surface area contributed by atoms with Gasteiger partial charge in [-0.15, -0.1) is 0 Å². The van der Waals surface area contributed by atoms with Crippen molar-refractivity contribution in [1.29, 1.82) is 0 Å². The number of fused-ring (bicyclic) bond motifs is 3. The van der Waals surface area contributed by atoms with E-state index in [0.717, 1.165) is 18.9 Å². The van der Waals surface area contributed by atoms with E-state index in [1.807, 2.05) is 0 Å². The van der Waals surface area contributed by atoms with Gasteiger partial charge in [-0.1, -0.05) is 49.7 Å². The standard InChI is InChI=1S/C34H42Cl2FN5O5/c1-20(35)38-13-8-24(37)27-28(29(43)39-22-5-7-26(47-19-22)30(44)42-14-16-46-17-15-42)41-33(11-9-32(2,3)10-12-33)34(27)23-6-4-21(36)18-25(23)40-31(34)45/h4,6,8,13,18,22,26-28,41H,1,5,7,9-12,14-17,19H2,2-3H3,(H,39,43)(H,40,45)/b24-8-,38-13-/t22-,26+,27+,28-,34-/m1/s1. The van der Waals surface area contributed by atoms with Gasteiger partial charge in [-0.2, -0.15) is 0 Å². The Morgan fingerprint density at radius 1 is 1.17 bits per heavy atom. The summed E-state index contributed by atoms with van der Waals surface area (Å²) in [6.07, 6.45) is 5.35. The Morgan fingerprint density at radius 3 is 2.55 bits per heavy atom. The van der Waals surface area contributed by atoms with Crippen LogP contribution in [0.1, 0.15) is 57.9 Å². The molecule has 0 aromatic heterocycles. The summed E-state index contributed by atoms with van der Waals surface area (Å²) >= 11 is 12.2. The van der Waals surface area contributed by atoms with Crippen LogP contribution in [0, 0.1) is 11.3 Å². The lowest BCUT2D eigenvalue weighted by Crippen LogP contribution is -2.62. The SMILES string of the molecule is C=C(Cl)/N=C\C=C(/F)[C@H]1[C@H](C(=O)N[C@@H]2CC[C@@H](C(=O)N3CCOCC3)OC2)NC2(CCC(C)(C)CC2)[C@@]12C(=O)Nc1cc(Cl)ccc12. The molecule has 1 aromatic rings. The third-order valence-electron chi connectivity index (χ3n) is 10.7. The van der Waals surface area contributed by atoms with E-state index in [2.05, 4.69) is 41.4 Å². The number of benzene rings is 1. The summed E-state index contributed by atoms with van der Waals surface area (Å²) in [6, 6.07) is 3.63. The Labute approximate surface area is 284 Å². The van der Waals surface area contributed by atoms with Gasteiger partial charge in [-0.25, -0.2) is 9.38 Å². The maximum Gasteiger partial charge on any atom is 0.251 e. The molecule has 0 radical (unpaired) electrons. The molecule has 2 spiro atoms. The van der Waals surface area contributed by atoms with E-state index in [9.17, 15) is 14.4 Å². The molecule has 6 rings (SSSR count). The van der Waals surface area contributed by atoms with E-state index in [1.54, 1.807) is 23.1 Å². The summed E-state index contributed by atoms with van der Waals surface area (Å²) in [5, 5.41) is 10.0. The van der Waals surface area contributed by atoms with E-state index in [-0.39, 0.29) is 29.0 Å². The average Bonchev–Trinajstić information content (AvgIpc) is 3.50. The number of rotatable bonds is 6. The minimum Gasteiger partial charge on any atom is -0.378 e. The van der Waals surface area contributed by atoms with E-state index in [0.29, 0.717) is 68.3 Å². The summed E-state index contributed by atoms with van der Waals surface area (Å²) in [6.45, 7) is 10.1. The third kappa shape index (κ3) is 6.25. The number of carbonyl (C=O) groups excluding carboxylic acids is 3. The second kappa shape index (κ2) is 13.2. The van der Waals surface area contributed by atoms with Crippen LogP contribution < -0.4 is 16.0 Å². The lowest BCUT2D eigenvalue weighted by atomic mass is 9.54. The van der Waals surface area contributed by atoms with Crippen molar-refractivity contribution in [2.45, 2.75) is 81.5 Å². The number of amides is 3. The number of nitrogens with one attached hydrogen (secondary N) is 3. The number of morpholine rings is 1. The van der Waals surface area contributed by atoms with Gasteiger partial charge in [0.2, 0.25) is 11.8 Å². The van der Waals surface area contributed by atoms with Gasteiger partial charge in [0.15, 0.2) is 0 Å². The molecule has 4 heterocycles. The van der Waals surface area contributed by atoms with Gasteiger partial charge in [0, 0.05) is 35.6 Å². The monoisotopic (exact) mass is 689 g/mol. The summed E-state index contributed by atoms with van der Waals surface area (Å²) in [5.41, 5.74) is -1.27. The summed E-state index contributed by atoms with van der Waals surface area (Å²) in [7, 11) is 0. The quantitative estimate of drug-likeness (QED) is 0.296. The number of allylic oxidation sites excluding steroid dienone is 1. The van der Waals surface area contributed by atoms with Gasteiger partial charge in [-0.3, -0.25) is 19.7 Å². The van der Waals surface area contributed by atoms with Gasteiger partial charge >= 0.3 is 0 Å². The zero-order valence-corrected chi connectivity index (χ0v) is 28.3. The molecule has 1 saturated carbocycles. The second-order valence-corrected chi connectivity index (χ2v) is 14.9. The molecule has 5 aliphatic rings. The summed E-state index contributed by atoms with van der Waals surface area (Å²) < 4.78 is 28.1.